The number of aromatic nitrogens is 2. The number of nitrogens with one attached hydrogen (secondary N) is 1. The number of carbonyl (C=O) groups is 1. The van der Waals surface area contributed by atoms with Gasteiger partial charge in [0.15, 0.2) is 5.82 Å². The van der Waals surface area contributed by atoms with E-state index in [1.54, 1.807) is 24.3 Å². The highest BCUT2D eigenvalue weighted by Gasteiger charge is 2.22. The Hall–Kier alpha value is -2.21. The van der Waals surface area contributed by atoms with Gasteiger partial charge in [0.25, 0.3) is 0 Å². The molecule has 0 aliphatic heterocycles. The molecule has 0 radical (unpaired) electrons. The SMILES string of the molecule is CC(NCc1ccc(C(=O)O)cc1)c1nc(C(C)(C)C)no1. The molecule has 1 aromatic carbocycles. The van der Waals surface area contributed by atoms with Gasteiger partial charge in [-0.1, -0.05) is 38.1 Å². The van der Waals surface area contributed by atoms with Gasteiger partial charge in [0.05, 0.1) is 11.6 Å². The minimum absolute atomic E-state index is 0.0808. The Kier molecular flexibility index (Phi) is 4.61. The maximum absolute atomic E-state index is 10.8. The van der Waals surface area contributed by atoms with Crippen LogP contribution in [0.4, 0.5) is 0 Å². The molecule has 1 heterocycles. The molecule has 0 bridgehead atoms. The Labute approximate surface area is 129 Å². The second kappa shape index (κ2) is 6.27. The van der Waals surface area contributed by atoms with E-state index in [0.717, 1.165) is 5.56 Å². The molecule has 2 aromatic rings. The first-order valence-corrected chi connectivity index (χ1v) is 7.17. The Balaban J connectivity index is 1.96. The molecule has 0 saturated heterocycles. The van der Waals surface area contributed by atoms with Crippen LogP contribution in [-0.2, 0) is 12.0 Å². The van der Waals surface area contributed by atoms with Gasteiger partial charge in [-0.25, -0.2) is 4.79 Å². The molecule has 1 atom stereocenters. The second-order valence-electron chi connectivity index (χ2n) is 6.31. The van der Waals surface area contributed by atoms with Crippen molar-refractivity contribution in [3.05, 3.63) is 47.1 Å². The summed E-state index contributed by atoms with van der Waals surface area (Å²) in [6, 6.07) is 6.68. The van der Waals surface area contributed by atoms with Gasteiger partial charge in [-0.15, -0.1) is 0 Å². The van der Waals surface area contributed by atoms with Crippen LogP contribution >= 0.6 is 0 Å². The molecule has 22 heavy (non-hydrogen) atoms. The van der Waals surface area contributed by atoms with Gasteiger partial charge in [0.1, 0.15) is 0 Å². The first kappa shape index (κ1) is 16.2. The van der Waals surface area contributed by atoms with E-state index in [1.165, 1.54) is 0 Å². The van der Waals surface area contributed by atoms with Crippen LogP contribution in [-0.4, -0.2) is 21.2 Å². The summed E-state index contributed by atoms with van der Waals surface area (Å²) >= 11 is 0. The highest BCUT2D eigenvalue weighted by molar-refractivity contribution is 5.87. The standard InChI is InChI=1S/C16H21N3O3/c1-10(13-18-15(19-22-13)16(2,3)4)17-9-11-5-7-12(8-6-11)14(20)21/h5-8,10,17H,9H2,1-4H3,(H,20,21). The average molecular weight is 303 g/mol. The fourth-order valence-electron chi connectivity index (χ4n) is 1.84. The van der Waals surface area contributed by atoms with E-state index >= 15 is 0 Å². The number of hydrogen-bond acceptors (Lipinski definition) is 5. The van der Waals surface area contributed by atoms with Crippen LogP contribution in [0.1, 0.15) is 61.4 Å². The van der Waals surface area contributed by atoms with Gasteiger partial charge >= 0.3 is 5.97 Å². The summed E-state index contributed by atoms with van der Waals surface area (Å²) in [5.41, 5.74) is 1.13. The molecule has 6 nitrogen and oxygen atoms in total. The van der Waals surface area contributed by atoms with Crippen LogP contribution in [0.25, 0.3) is 0 Å². The molecule has 0 fully saturated rings. The van der Waals surface area contributed by atoms with Crippen molar-refractivity contribution in [3.63, 3.8) is 0 Å². The van der Waals surface area contributed by atoms with Crippen molar-refractivity contribution in [3.8, 4) is 0 Å². The fourth-order valence-corrected chi connectivity index (χ4v) is 1.84. The van der Waals surface area contributed by atoms with Gasteiger partial charge < -0.3 is 14.9 Å². The van der Waals surface area contributed by atoms with Crippen molar-refractivity contribution >= 4 is 5.97 Å². The van der Waals surface area contributed by atoms with E-state index < -0.39 is 5.97 Å². The number of aromatic carboxylic acids is 1. The Morgan fingerprint density at radius 3 is 2.45 bits per heavy atom. The lowest BCUT2D eigenvalue weighted by molar-refractivity contribution is 0.0697. The molecular weight excluding hydrogens is 282 g/mol. The van der Waals surface area contributed by atoms with Crippen molar-refractivity contribution in [1.82, 2.24) is 15.5 Å². The number of carboxylic acids is 1. The van der Waals surface area contributed by atoms with Crippen LogP contribution in [0.2, 0.25) is 0 Å². The predicted octanol–water partition coefficient (Wildman–Crippen LogP) is 2.92. The van der Waals surface area contributed by atoms with E-state index in [-0.39, 0.29) is 17.0 Å². The number of hydrogen-bond donors (Lipinski definition) is 2. The Bertz CT molecular complexity index is 641. The summed E-state index contributed by atoms with van der Waals surface area (Å²) in [4.78, 5) is 15.2. The van der Waals surface area contributed by atoms with Gasteiger partial charge in [-0.3, -0.25) is 0 Å². The van der Waals surface area contributed by atoms with Gasteiger partial charge in [-0.05, 0) is 24.6 Å². The number of benzene rings is 1. The average Bonchev–Trinajstić information content (AvgIpc) is 2.95. The third kappa shape index (κ3) is 3.92. The largest absolute Gasteiger partial charge is 0.478 e. The molecular formula is C16H21N3O3. The molecule has 6 heteroatoms. The third-order valence-electron chi connectivity index (χ3n) is 3.30. The topological polar surface area (TPSA) is 88.2 Å². The molecule has 2 rings (SSSR count). The van der Waals surface area contributed by atoms with Crippen molar-refractivity contribution in [2.45, 2.75) is 45.7 Å². The predicted molar refractivity (Wildman–Crippen MR) is 81.7 cm³/mol. The fraction of sp³-hybridized carbons (Fsp3) is 0.438. The van der Waals surface area contributed by atoms with Gasteiger partial charge in [0, 0.05) is 12.0 Å². The van der Waals surface area contributed by atoms with Gasteiger partial charge in [0.2, 0.25) is 5.89 Å². The van der Waals surface area contributed by atoms with Crippen LogP contribution in [0.3, 0.4) is 0 Å². The molecule has 0 amide bonds. The quantitative estimate of drug-likeness (QED) is 0.883. The van der Waals surface area contributed by atoms with Crippen LogP contribution in [0.15, 0.2) is 28.8 Å². The third-order valence-corrected chi connectivity index (χ3v) is 3.30. The summed E-state index contributed by atoms with van der Waals surface area (Å²) in [6.07, 6.45) is 0. The maximum Gasteiger partial charge on any atom is 0.335 e. The van der Waals surface area contributed by atoms with Crippen LogP contribution in [0, 0.1) is 0 Å². The van der Waals surface area contributed by atoms with E-state index in [4.69, 9.17) is 9.63 Å². The van der Waals surface area contributed by atoms with Crippen molar-refractivity contribution in [1.29, 1.82) is 0 Å². The first-order chi connectivity index (χ1) is 10.3. The number of nitrogens with zero attached hydrogens (tertiary/aromatic N) is 2. The van der Waals surface area contributed by atoms with Crippen LogP contribution in [0.5, 0.6) is 0 Å². The summed E-state index contributed by atoms with van der Waals surface area (Å²) in [6.45, 7) is 8.64. The zero-order valence-electron chi connectivity index (χ0n) is 13.3. The smallest absolute Gasteiger partial charge is 0.335 e. The first-order valence-electron chi connectivity index (χ1n) is 7.17. The lowest BCUT2D eigenvalue weighted by Crippen LogP contribution is -2.19. The molecule has 0 spiro atoms. The number of rotatable bonds is 5. The summed E-state index contributed by atoms with van der Waals surface area (Å²) < 4.78 is 5.29. The summed E-state index contributed by atoms with van der Waals surface area (Å²) in [7, 11) is 0. The Morgan fingerprint density at radius 1 is 1.32 bits per heavy atom. The molecule has 0 aliphatic carbocycles. The van der Waals surface area contributed by atoms with E-state index in [2.05, 4.69) is 15.5 Å². The lowest BCUT2D eigenvalue weighted by Gasteiger charge is -2.12. The molecule has 0 saturated carbocycles. The normalized spacial score (nSPS) is 13.1. The molecule has 118 valence electrons. The maximum atomic E-state index is 10.8. The van der Waals surface area contributed by atoms with Gasteiger partial charge in [-0.2, -0.15) is 4.98 Å². The highest BCUT2D eigenvalue weighted by Crippen LogP contribution is 2.20. The number of carboxylic acid groups (broad SMARTS) is 1. The highest BCUT2D eigenvalue weighted by atomic mass is 16.5. The minimum Gasteiger partial charge on any atom is -0.478 e. The van der Waals surface area contributed by atoms with Crippen LogP contribution < -0.4 is 5.32 Å². The molecule has 2 N–H and O–H groups in total. The summed E-state index contributed by atoms with van der Waals surface area (Å²) in [5.74, 6) is 0.308. The lowest BCUT2D eigenvalue weighted by atomic mass is 9.96. The van der Waals surface area contributed by atoms with Crippen molar-refractivity contribution < 1.29 is 14.4 Å². The zero-order valence-corrected chi connectivity index (χ0v) is 13.3. The minimum atomic E-state index is -0.923. The van der Waals surface area contributed by atoms with E-state index in [0.29, 0.717) is 18.3 Å². The molecule has 0 aliphatic rings. The van der Waals surface area contributed by atoms with E-state index in [1.807, 2.05) is 27.7 Å². The van der Waals surface area contributed by atoms with Crippen molar-refractivity contribution in [2.75, 3.05) is 0 Å². The Morgan fingerprint density at radius 2 is 1.95 bits per heavy atom. The summed E-state index contributed by atoms with van der Waals surface area (Å²) in [5, 5.41) is 16.2. The molecule has 1 aromatic heterocycles. The molecule has 1 unspecified atom stereocenters. The van der Waals surface area contributed by atoms with E-state index in [9.17, 15) is 4.79 Å². The van der Waals surface area contributed by atoms with Crippen molar-refractivity contribution in [2.24, 2.45) is 0 Å². The monoisotopic (exact) mass is 303 g/mol. The zero-order chi connectivity index (χ0) is 16.3. The second-order valence-corrected chi connectivity index (χ2v) is 6.31.